The fraction of sp³-hybridized carbons (Fsp3) is 0.292. The number of carbonyl (C=O) groups is 1. The van der Waals surface area contributed by atoms with Gasteiger partial charge in [0.15, 0.2) is 11.6 Å². The molecule has 0 saturated carbocycles. The fourth-order valence-electron chi connectivity index (χ4n) is 3.58. The Morgan fingerprint density at radius 1 is 1.06 bits per heavy atom. The lowest BCUT2D eigenvalue weighted by Crippen LogP contribution is -2.48. The number of hydrogen-bond donors (Lipinski definition) is 1. The van der Waals surface area contributed by atoms with Crippen LogP contribution >= 0.6 is 11.6 Å². The van der Waals surface area contributed by atoms with Crippen molar-refractivity contribution in [1.29, 1.82) is 0 Å². The SMILES string of the molecule is O=C(O)c1cnc(N2CCN(CCOc3ccccc3F)CC2)nc1COc1ccc(F)c(Cl)c1. The lowest BCUT2D eigenvalue weighted by molar-refractivity contribution is 0.0692. The second-order valence-corrected chi connectivity index (χ2v) is 8.21. The largest absolute Gasteiger partial charge is 0.489 e. The number of para-hydroxylation sites is 1. The van der Waals surface area contributed by atoms with Crippen LogP contribution in [0.15, 0.2) is 48.7 Å². The summed E-state index contributed by atoms with van der Waals surface area (Å²) in [6, 6.07) is 10.2. The summed E-state index contributed by atoms with van der Waals surface area (Å²) >= 11 is 5.78. The zero-order valence-electron chi connectivity index (χ0n) is 18.7. The predicted molar refractivity (Wildman–Crippen MR) is 125 cm³/mol. The summed E-state index contributed by atoms with van der Waals surface area (Å²) in [7, 11) is 0. The molecule has 3 aromatic rings. The number of benzene rings is 2. The van der Waals surface area contributed by atoms with Gasteiger partial charge in [0.05, 0.1) is 10.7 Å². The molecule has 1 N–H and O–H groups in total. The third-order valence-corrected chi connectivity index (χ3v) is 5.80. The minimum absolute atomic E-state index is 0.0779. The highest BCUT2D eigenvalue weighted by molar-refractivity contribution is 6.30. The van der Waals surface area contributed by atoms with E-state index in [0.717, 1.165) is 0 Å². The van der Waals surface area contributed by atoms with Crippen LogP contribution in [0.25, 0.3) is 0 Å². The number of piperazine rings is 1. The topological polar surface area (TPSA) is 88.0 Å². The van der Waals surface area contributed by atoms with Gasteiger partial charge in [-0.3, -0.25) is 4.90 Å². The van der Waals surface area contributed by atoms with Crippen molar-refractivity contribution in [2.24, 2.45) is 0 Å². The van der Waals surface area contributed by atoms with Gasteiger partial charge in [0.25, 0.3) is 0 Å². The first kappa shape index (κ1) is 24.6. The Hall–Kier alpha value is -3.50. The number of carboxylic acid groups (broad SMARTS) is 1. The standard InChI is InChI=1S/C24H23ClF2N4O4/c25-18-13-16(5-6-19(18)26)35-15-21-17(23(32)33)14-28-24(29-21)31-9-7-30(8-10-31)11-12-34-22-4-2-1-3-20(22)27/h1-6,13-14H,7-12,15H2,(H,32,33). The first-order chi connectivity index (χ1) is 16.9. The molecule has 1 fully saturated rings. The van der Waals surface area contributed by atoms with Gasteiger partial charge in [-0.15, -0.1) is 0 Å². The molecule has 0 bridgehead atoms. The molecule has 2 aromatic carbocycles. The maximum Gasteiger partial charge on any atom is 0.339 e. The van der Waals surface area contributed by atoms with Crippen LogP contribution in [-0.2, 0) is 6.61 Å². The molecule has 0 spiro atoms. The zero-order chi connectivity index (χ0) is 24.8. The van der Waals surface area contributed by atoms with Gasteiger partial charge in [0, 0.05) is 45.0 Å². The molecular formula is C24H23ClF2N4O4. The summed E-state index contributed by atoms with van der Waals surface area (Å²) in [6.45, 7) is 3.53. The number of ether oxygens (including phenoxy) is 2. The van der Waals surface area contributed by atoms with Crippen molar-refractivity contribution in [1.82, 2.24) is 14.9 Å². The number of anilines is 1. The number of hydrogen-bond acceptors (Lipinski definition) is 7. The third kappa shape index (κ3) is 6.34. The summed E-state index contributed by atoms with van der Waals surface area (Å²) < 4.78 is 38.1. The monoisotopic (exact) mass is 504 g/mol. The molecular weight excluding hydrogens is 482 g/mol. The Labute approximate surface area is 205 Å². The average molecular weight is 505 g/mol. The number of rotatable bonds is 9. The Balaban J connectivity index is 1.34. The van der Waals surface area contributed by atoms with Gasteiger partial charge < -0.3 is 19.5 Å². The van der Waals surface area contributed by atoms with Crippen molar-refractivity contribution in [3.8, 4) is 11.5 Å². The lowest BCUT2D eigenvalue weighted by atomic mass is 10.2. The van der Waals surface area contributed by atoms with E-state index in [1.807, 2.05) is 4.90 Å². The summed E-state index contributed by atoms with van der Waals surface area (Å²) in [5.74, 6) is -1.22. The van der Waals surface area contributed by atoms with Crippen LogP contribution in [0.5, 0.6) is 11.5 Å². The van der Waals surface area contributed by atoms with Crippen LogP contribution in [0, 0.1) is 11.6 Å². The smallest absolute Gasteiger partial charge is 0.339 e. The zero-order valence-corrected chi connectivity index (χ0v) is 19.4. The lowest BCUT2D eigenvalue weighted by Gasteiger charge is -2.34. The van der Waals surface area contributed by atoms with Crippen LogP contribution in [0.1, 0.15) is 16.1 Å². The third-order valence-electron chi connectivity index (χ3n) is 5.51. The highest BCUT2D eigenvalue weighted by atomic mass is 35.5. The van der Waals surface area contributed by atoms with Gasteiger partial charge in [0.1, 0.15) is 30.3 Å². The maximum atomic E-state index is 13.7. The molecule has 2 heterocycles. The number of halogens is 3. The van der Waals surface area contributed by atoms with E-state index >= 15 is 0 Å². The number of carboxylic acids is 1. The molecule has 184 valence electrons. The first-order valence-electron chi connectivity index (χ1n) is 10.9. The molecule has 8 nitrogen and oxygen atoms in total. The predicted octanol–water partition coefficient (Wildman–Crippen LogP) is 3.89. The number of aromatic carboxylic acids is 1. The van der Waals surface area contributed by atoms with E-state index < -0.39 is 11.8 Å². The molecule has 0 radical (unpaired) electrons. The van der Waals surface area contributed by atoms with Crippen molar-refractivity contribution in [2.75, 3.05) is 44.2 Å². The Morgan fingerprint density at radius 3 is 2.54 bits per heavy atom. The summed E-state index contributed by atoms with van der Waals surface area (Å²) in [4.78, 5) is 24.4. The molecule has 35 heavy (non-hydrogen) atoms. The minimum Gasteiger partial charge on any atom is -0.489 e. The van der Waals surface area contributed by atoms with Gasteiger partial charge in [-0.2, -0.15) is 0 Å². The van der Waals surface area contributed by atoms with Gasteiger partial charge in [-0.05, 0) is 24.3 Å². The van der Waals surface area contributed by atoms with Crippen LogP contribution in [0.4, 0.5) is 14.7 Å². The van der Waals surface area contributed by atoms with E-state index in [1.165, 1.54) is 30.5 Å². The van der Waals surface area contributed by atoms with Crippen molar-refractivity contribution < 1.29 is 28.2 Å². The molecule has 0 atom stereocenters. The van der Waals surface area contributed by atoms with Crippen molar-refractivity contribution >= 4 is 23.5 Å². The van der Waals surface area contributed by atoms with Crippen LogP contribution < -0.4 is 14.4 Å². The Kier molecular flexibility index (Phi) is 7.94. The molecule has 11 heteroatoms. The molecule has 1 aromatic heterocycles. The van der Waals surface area contributed by atoms with Crippen molar-refractivity contribution in [2.45, 2.75) is 6.61 Å². The van der Waals surface area contributed by atoms with Gasteiger partial charge >= 0.3 is 5.97 Å². The van der Waals surface area contributed by atoms with E-state index in [9.17, 15) is 18.7 Å². The molecule has 1 aliphatic rings. The minimum atomic E-state index is -1.17. The second kappa shape index (κ2) is 11.3. The van der Waals surface area contributed by atoms with Gasteiger partial charge in [0.2, 0.25) is 5.95 Å². The van der Waals surface area contributed by atoms with Crippen molar-refractivity contribution in [3.05, 3.63) is 76.6 Å². The highest BCUT2D eigenvalue weighted by Gasteiger charge is 2.22. The van der Waals surface area contributed by atoms with Crippen molar-refractivity contribution in [3.63, 3.8) is 0 Å². The van der Waals surface area contributed by atoms with Crippen LogP contribution in [0.3, 0.4) is 0 Å². The summed E-state index contributed by atoms with van der Waals surface area (Å²) in [5.41, 5.74) is 0.120. The average Bonchev–Trinajstić information content (AvgIpc) is 2.86. The normalized spacial score (nSPS) is 14.1. The fourth-order valence-corrected chi connectivity index (χ4v) is 3.75. The molecule has 4 rings (SSSR count). The van der Waals surface area contributed by atoms with E-state index in [2.05, 4.69) is 14.9 Å². The van der Waals surface area contributed by atoms with E-state index in [0.29, 0.717) is 51.0 Å². The second-order valence-electron chi connectivity index (χ2n) is 7.81. The molecule has 1 saturated heterocycles. The first-order valence-corrected chi connectivity index (χ1v) is 11.3. The molecule has 0 aliphatic carbocycles. The molecule has 0 unspecified atom stereocenters. The molecule has 0 amide bonds. The summed E-state index contributed by atoms with van der Waals surface area (Å²) in [5, 5.41) is 9.40. The maximum absolute atomic E-state index is 13.7. The Bertz CT molecular complexity index is 1190. The van der Waals surface area contributed by atoms with Gasteiger partial charge in [-0.25, -0.2) is 23.5 Å². The van der Waals surface area contributed by atoms with Gasteiger partial charge in [-0.1, -0.05) is 23.7 Å². The number of aromatic nitrogens is 2. The summed E-state index contributed by atoms with van der Waals surface area (Å²) in [6.07, 6.45) is 1.26. The van der Waals surface area contributed by atoms with E-state index in [-0.39, 0.29) is 34.5 Å². The Morgan fingerprint density at radius 2 is 1.83 bits per heavy atom. The molecule has 1 aliphatic heterocycles. The number of nitrogens with zero attached hydrogens (tertiary/aromatic N) is 4. The van der Waals surface area contributed by atoms with E-state index in [4.69, 9.17) is 21.1 Å². The van der Waals surface area contributed by atoms with Crippen LogP contribution in [0.2, 0.25) is 5.02 Å². The highest BCUT2D eigenvalue weighted by Crippen LogP contribution is 2.23. The van der Waals surface area contributed by atoms with E-state index in [1.54, 1.807) is 18.2 Å². The van der Waals surface area contributed by atoms with Crippen LogP contribution in [-0.4, -0.2) is 65.3 Å². The quantitative estimate of drug-likeness (QED) is 0.469.